The van der Waals surface area contributed by atoms with Gasteiger partial charge in [-0.1, -0.05) is 6.92 Å². The summed E-state index contributed by atoms with van der Waals surface area (Å²) < 4.78 is 18.9. The average molecular weight is 392 g/mol. The summed E-state index contributed by atoms with van der Waals surface area (Å²) in [6.45, 7) is 3.89. The van der Waals surface area contributed by atoms with Crippen LogP contribution in [0.1, 0.15) is 32.6 Å². The number of rotatable bonds is 3. The van der Waals surface area contributed by atoms with Crippen molar-refractivity contribution in [1.82, 2.24) is 4.90 Å². The van der Waals surface area contributed by atoms with Gasteiger partial charge in [0.05, 0.1) is 35.6 Å². The Kier molecular flexibility index (Phi) is 3.10. The highest BCUT2D eigenvalue weighted by Crippen LogP contribution is 2.80. The highest BCUT2D eigenvalue weighted by atomic mass is 16.5. The molecule has 7 aliphatic rings. The Morgan fingerprint density at radius 3 is 2.71 bits per heavy atom. The zero-order valence-electron chi connectivity index (χ0n) is 17.1. The van der Waals surface area contributed by atoms with Crippen molar-refractivity contribution < 1.29 is 24.4 Å². The number of likely N-dealkylation sites (tertiary alicyclic amines) is 1. The first-order chi connectivity index (χ1) is 13.5. The van der Waals surface area contributed by atoms with Crippen LogP contribution in [0, 0.1) is 35.0 Å². The third kappa shape index (κ3) is 1.47. The number of piperidine rings is 1. The minimum absolute atomic E-state index is 0.0109. The van der Waals surface area contributed by atoms with Gasteiger partial charge in [0.15, 0.2) is 0 Å². The maximum Gasteiger partial charge on any atom is 0.0810 e. The van der Waals surface area contributed by atoms with Crippen molar-refractivity contribution in [1.29, 1.82) is 0 Å². The topological polar surface area (TPSA) is 71.4 Å². The first-order valence-corrected chi connectivity index (χ1v) is 11.4. The molecule has 1 spiro atoms. The van der Waals surface area contributed by atoms with Gasteiger partial charge in [-0.15, -0.1) is 0 Å². The lowest BCUT2D eigenvalue weighted by molar-refractivity contribution is -0.269. The van der Waals surface area contributed by atoms with Gasteiger partial charge < -0.3 is 24.4 Å². The Balaban J connectivity index is 1.51. The van der Waals surface area contributed by atoms with Gasteiger partial charge in [0.1, 0.15) is 0 Å². The van der Waals surface area contributed by atoms with E-state index in [1.165, 1.54) is 0 Å². The van der Waals surface area contributed by atoms with Crippen molar-refractivity contribution >= 4 is 0 Å². The monoisotopic (exact) mass is 391 g/mol. The van der Waals surface area contributed by atoms with Crippen LogP contribution in [0.4, 0.5) is 0 Å². The molecule has 6 heteroatoms. The smallest absolute Gasteiger partial charge is 0.0810 e. The third-order valence-corrected chi connectivity index (χ3v) is 10.8. The molecular formula is C22H33NO5. The average Bonchev–Trinajstić information content (AvgIpc) is 3.24. The lowest BCUT2D eigenvalue weighted by atomic mass is 9.46. The van der Waals surface area contributed by atoms with Gasteiger partial charge in [-0.05, 0) is 31.7 Å². The number of likely N-dealkylation sites (N-methyl/N-ethyl adjacent to an activating group) is 1. The van der Waals surface area contributed by atoms with Gasteiger partial charge in [-0.3, -0.25) is 4.90 Å². The Labute approximate surface area is 166 Å². The first kappa shape index (κ1) is 17.4. The van der Waals surface area contributed by atoms with Gasteiger partial charge in [0, 0.05) is 62.3 Å². The van der Waals surface area contributed by atoms with E-state index in [-0.39, 0.29) is 59.4 Å². The molecule has 12 unspecified atom stereocenters. The summed E-state index contributed by atoms with van der Waals surface area (Å²) in [7, 11) is 3.57. The summed E-state index contributed by atoms with van der Waals surface area (Å²) in [6.07, 6.45) is 3.64. The van der Waals surface area contributed by atoms with Crippen LogP contribution in [0.15, 0.2) is 0 Å². The van der Waals surface area contributed by atoms with Gasteiger partial charge in [0.25, 0.3) is 0 Å². The van der Waals surface area contributed by atoms with Gasteiger partial charge in [-0.2, -0.15) is 0 Å². The van der Waals surface area contributed by atoms with Crippen LogP contribution in [-0.4, -0.2) is 84.1 Å². The summed E-state index contributed by atoms with van der Waals surface area (Å²) in [6, 6.07) is 0.316. The molecule has 2 aliphatic heterocycles. The van der Waals surface area contributed by atoms with E-state index < -0.39 is 11.2 Å². The Bertz CT molecular complexity index is 734. The van der Waals surface area contributed by atoms with Crippen molar-refractivity contribution in [3.63, 3.8) is 0 Å². The SMILES string of the molecule is CCN1CC2(O)CCC3OC4C5C(OC)CC6(O)C(C5OC)C4C34C2CC6[C@H]14. The molecule has 5 aliphatic carbocycles. The zero-order valence-corrected chi connectivity index (χ0v) is 17.1. The molecule has 2 heterocycles. The normalized spacial score (nSPS) is 68.0. The molecule has 0 aromatic rings. The van der Waals surface area contributed by atoms with Crippen molar-refractivity contribution in [2.24, 2.45) is 35.0 Å². The summed E-state index contributed by atoms with van der Waals surface area (Å²) in [5, 5.41) is 24.2. The second-order valence-electron chi connectivity index (χ2n) is 10.9. The maximum absolute atomic E-state index is 12.4. The summed E-state index contributed by atoms with van der Waals surface area (Å²) in [4.78, 5) is 2.51. The molecule has 0 aromatic carbocycles. The second-order valence-corrected chi connectivity index (χ2v) is 10.9. The fraction of sp³-hybridized carbons (Fsp3) is 1.00. The number of hydrogen-bond donors (Lipinski definition) is 2. The molecule has 156 valence electrons. The number of methoxy groups -OCH3 is 2. The predicted molar refractivity (Wildman–Crippen MR) is 99.5 cm³/mol. The van der Waals surface area contributed by atoms with Crippen molar-refractivity contribution in [2.75, 3.05) is 27.3 Å². The number of ether oxygens (including phenoxy) is 3. The Morgan fingerprint density at radius 1 is 1.18 bits per heavy atom. The molecule has 2 saturated heterocycles. The van der Waals surface area contributed by atoms with Gasteiger partial charge in [0.2, 0.25) is 0 Å². The van der Waals surface area contributed by atoms with Crippen LogP contribution in [-0.2, 0) is 14.2 Å². The van der Waals surface area contributed by atoms with Crippen LogP contribution < -0.4 is 0 Å². The van der Waals surface area contributed by atoms with Crippen LogP contribution in [0.2, 0.25) is 0 Å². The Morgan fingerprint density at radius 2 is 2.00 bits per heavy atom. The van der Waals surface area contributed by atoms with Crippen LogP contribution in [0.5, 0.6) is 0 Å². The van der Waals surface area contributed by atoms with Crippen LogP contribution in [0.3, 0.4) is 0 Å². The number of fused-ring (bicyclic) bond motifs is 3. The fourth-order valence-electron chi connectivity index (χ4n) is 10.5. The molecule has 0 aromatic heterocycles. The molecule has 7 fully saturated rings. The van der Waals surface area contributed by atoms with Crippen molar-refractivity contribution in [3.8, 4) is 0 Å². The Hall–Kier alpha value is -0.240. The van der Waals surface area contributed by atoms with E-state index in [4.69, 9.17) is 14.2 Å². The van der Waals surface area contributed by atoms with E-state index in [0.717, 1.165) is 32.4 Å². The highest BCUT2D eigenvalue weighted by molar-refractivity contribution is 5.37. The number of aliphatic hydroxyl groups is 2. The molecular weight excluding hydrogens is 358 g/mol. The molecule has 7 rings (SSSR count). The first-order valence-electron chi connectivity index (χ1n) is 11.4. The van der Waals surface area contributed by atoms with E-state index in [0.29, 0.717) is 12.5 Å². The molecule has 28 heavy (non-hydrogen) atoms. The van der Waals surface area contributed by atoms with Crippen LogP contribution in [0.25, 0.3) is 0 Å². The largest absolute Gasteiger partial charge is 0.389 e. The van der Waals surface area contributed by atoms with E-state index in [1.54, 1.807) is 14.2 Å². The van der Waals surface area contributed by atoms with Crippen molar-refractivity contribution in [3.05, 3.63) is 0 Å². The van der Waals surface area contributed by atoms with Crippen molar-refractivity contribution in [2.45, 2.75) is 74.3 Å². The minimum Gasteiger partial charge on any atom is -0.389 e. The van der Waals surface area contributed by atoms with Crippen LogP contribution >= 0.6 is 0 Å². The summed E-state index contributed by atoms with van der Waals surface area (Å²) in [5.41, 5.74) is -1.45. The standard InChI is InChI=1S/C22H33NO5/c1-4-23-9-20(24)6-5-13-22-12(20)7-10(19(22)23)21(25)8-11(26-2)14-17(27-3)15(21)16(22)18(14)28-13/h10-19,24-25H,4-9H2,1-3H3/t10?,11?,12?,13?,14?,15?,16?,17?,18?,19-,20?,21?,22?/m0/s1. The molecule has 2 N–H and O–H groups in total. The number of nitrogens with zero attached hydrogens (tertiary/aromatic N) is 1. The molecule has 6 nitrogen and oxygen atoms in total. The second kappa shape index (κ2) is 4.97. The van der Waals surface area contributed by atoms with E-state index in [2.05, 4.69) is 11.8 Å². The lowest BCUT2D eigenvalue weighted by Crippen LogP contribution is -2.76. The minimum atomic E-state index is -0.790. The molecule has 0 radical (unpaired) electrons. The van der Waals surface area contributed by atoms with E-state index in [9.17, 15) is 10.2 Å². The zero-order chi connectivity index (χ0) is 19.2. The number of β-amino-alcohol motifs (C(OH)–C–C–N with tert-alkyl or cyclic N) is 1. The highest BCUT2D eigenvalue weighted by Gasteiger charge is 2.88. The van der Waals surface area contributed by atoms with E-state index >= 15 is 0 Å². The molecule has 0 amide bonds. The molecule has 5 saturated carbocycles. The third-order valence-electron chi connectivity index (χ3n) is 10.8. The molecule has 13 atom stereocenters. The maximum atomic E-state index is 12.4. The molecule has 7 bridgehead atoms. The lowest BCUT2D eigenvalue weighted by Gasteiger charge is -2.66. The van der Waals surface area contributed by atoms with Gasteiger partial charge in [-0.25, -0.2) is 0 Å². The number of hydrogen-bond acceptors (Lipinski definition) is 6. The van der Waals surface area contributed by atoms with Gasteiger partial charge >= 0.3 is 0 Å². The predicted octanol–water partition coefficient (Wildman–Crippen LogP) is 0.646. The van der Waals surface area contributed by atoms with E-state index in [1.807, 2.05) is 0 Å². The summed E-state index contributed by atoms with van der Waals surface area (Å²) in [5.74, 6) is 0.985. The summed E-state index contributed by atoms with van der Waals surface area (Å²) >= 11 is 0. The quantitative estimate of drug-likeness (QED) is 0.736. The fourth-order valence-corrected chi connectivity index (χ4v) is 10.5.